The number of aromatic amines is 1. The van der Waals surface area contributed by atoms with Gasteiger partial charge in [0.05, 0.1) is 5.69 Å². The fourth-order valence-corrected chi connectivity index (χ4v) is 4.12. The average molecular weight is 440 g/mol. The molecule has 10 nitrogen and oxygen atoms in total. The number of alkyl carbamates (subject to hydrolysis) is 1. The Hall–Kier alpha value is -3.14. The van der Waals surface area contributed by atoms with E-state index in [4.69, 9.17) is 4.74 Å². The average Bonchev–Trinajstić information content (AvgIpc) is 3.17. The van der Waals surface area contributed by atoms with Gasteiger partial charge in [0, 0.05) is 35.6 Å². The van der Waals surface area contributed by atoms with Crippen molar-refractivity contribution < 1.29 is 14.6 Å². The highest BCUT2D eigenvalue weighted by molar-refractivity contribution is 5.72. The maximum atomic E-state index is 12.1. The molecule has 3 heterocycles. The largest absolute Gasteiger partial charge is 0.446 e. The first kappa shape index (κ1) is 20.7. The van der Waals surface area contributed by atoms with Crippen molar-refractivity contribution in [3.8, 4) is 0 Å². The van der Waals surface area contributed by atoms with Gasteiger partial charge in [0.25, 0.3) is 0 Å². The molecular formula is C22H29N7O3. The summed E-state index contributed by atoms with van der Waals surface area (Å²) in [5, 5.41) is 28.4. The van der Waals surface area contributed by atoms with Gasteiger partial charge in [-0.25, -0.2) is 14.3 Å². The van der Waals surface area contributed by atoms with Gasteiger partial charge in [0.2, 0.25) is 0 Å². The molecule has 0 radical (unpaired) electrons. The maximum absolute atomic E-state index is 12.1. The molecule has 0 aliphatic heterocycles. The van der Waals surface area contributed by atoms with Crippen molar-refractivity contribution in [1.29, 1.82) is 0 Å². The van der Waals surface area contributed by atoms with Crippen LogP contribution in [0.4, 0.5) is 16.4 Å². The summed E-state index contributed by atoms with van der Waals surface area (Å²) in [6.07, 6.45) is 7.57. The molecule has 32 heavy (non-hydrogen) atoms. The molecule has 0 spiro atoms. The number of ether oxygens (including phenoxy) is 1. The van der Waals surface area contributed by atoms with Crippen molar-refractivity contribution in [1.82, 2.24) is 30.1 Å². The van der Waals surface area contributed by atoms with Gasteiger partial charge in [-0.2, -0.15) is 10.2 Å². The summed E-state index contributed by atoms with van der Waals surface area (Å²) in [6, 6.07) is 3.78. The number of anilines is 2. The molecule has 3 aromatic heterocycles. The lowest BCUT2D eigenvalue weighted by Gasteiger charge is -2.16. The number of H-pyrrole nitrogens is 1. The quantitative estimate of drug-likeness (QED) is 0.463. The highest BCUT2D eigenvalue weighted by Crippen LogP contribution is 2.37. The van der Waals surface area contributed by atoms with Crippen molar-refractivity contribution in [2.45, 2.75) is 76.0 Å². The topological polar surface area (TPSA) is 129 Å². The maximum Gasteiger partial charge on any atom is 0.407 e. The number of nitrogens with one attached hydrogen (secondary N) is 3. The predicted molar refractivity (Wildman–Crippen MR) is 118 cm³/mol. The summed E-state index contributed by atoms with van der Waals surface area (Å²) in [5.74, 6) is 1.51. The zero-order chi connectivity index (χ0) is 22.5. The lowest BCUT2D eigenvalue weighted by atomic mass is 10.0. The molecule has 2 atom stereocenters. The van der Waals surface area contributed by atoms with E-state index in [2.05, 4.69) is 30.9 Å². The van der Waals surface area contributed by atoms with Gasteiger partial charge in [-0.1, -0.05) is 0 Å². The van der Waals surface area contributed by atoms with Crippen molar-refractivity contribution in [3.05, 3.63) is 35.9 Å². The Kier molecular flexibility index (Phi) is 4.85. The lowest BCUT2D eigenvalue weighted by Crippen LogP contribution is -2.36. The minimum Gasteiger partial charge on any atom is -0.446 e. The number of nitrogens with zero attached hydrogens (tertiary/aromatic N) is 4. The molecule has 2 saturated carbocycles. The summed E-state index contributed by atoms with van der Waals surface area (Å²) < 4.78 is 7.30. The second-order valence-corrected chi connectivity index (χ2v) is 9.75. The monoisotopic (exact) mass is 439 g/mol. The number of hydrogen-bond donors (Lipinski definition) is 4. The molecule has 2 fully saturated rings. The van der Waals surface area contributed by atoms with Gasteiger partial charge >= 0.3 is 6.09 Å². The van der Waals surface area contributed by atoms with Crippen molar-refractivity contribution >= 4 is 23.2 Å². The summed E-state index contributed by atoms with van der Waals surface area (Å²) in [7, 11) is 0. The molecule has 0 saturated heterocycles. The number of rotatable bonds is 6. The minimum atomic E-state index is -1.04. The Bertz CT molecular complexity index is 1140. The van der Waals surface area contributed by atoms with Crippen LogP contribution >= 0.6 is 0 Å². The van der Waals surface area contributed by atoms with Crippen LogP contribution in [-0.4, -0.2) is 47.6 Å². The molecule has 1 amide bonds. The molecule has 0 bridgehead atoms. The van der Waals surface area contributed by atoms with Crippen LogP contribution in [0.2, 0.25) is 0 Å². The van der Waals surface area contributed by atoms with Gasteiger partial charge < -0.3 is 20.5 Å². The van der Waals surface area contributed by atoms with Crippen LogP contribution in [-0.2, 0) is 10.3 Å². The molecule has 3 aromatic rings. The normalized spacial score (nSPS) is 22.1. The molecule has 170 valence electrons. The fourth-order valence-electron chi connectivity index (χ4n) is 4.12. The highest BCUT2D eigenvalue weighted by Gasteiger charge is 2.40. The van der Waals surface area contributed by atoms with E-state index < -0.39 is 5.60 Å². The van der Waals surface area contributed by atoms with E-state index in [1.807, 2.05) is 19.1 Å². The second kappa shape index (κ2) is 7.47. The summed E-state index contributed by atoms with van der Waals surface area (Å²) in [5.41, 5.74) is 1.20. The third-order valence-corrected chi connectivity index (χ3v) is 6.36. The summed E-state index contributed by atoms with van der Waals surface area (Å²) in [4.78, 5) is 16.5. The SMILES string of the molecule is CC1(NC(=O)O[C@@H]2CC[C@H](c3cc(Nc4nccn5nc(C(C)(C)O)cc45)n[nH]3)C2)CC1. The van der Waals surface area contributed by atoms with E-state index in [9.17, 15) is 9.90 Å². The summed E-state index contributed by atoms with van der Waals surface area (Å²) in [6.45, 7) is 5.43. The molecule has 2 aliphatic rings. The Balaban J connectivity index is 1.24. The van der Waals surface area contributed by atoms with Crippen molar-refractivity contribution in [2.75, 3.05) is 5.32 Å². The van der Waals surface area contributed by atoms with E-state index >= 15 is 0 Å². The van der Waals surface area contributed by atoms with Gasteiger partial charge in [0.1, 0.15) is 17.2 Å². The lowest BCUT2D eigenvalue weighted by molar-refractivity contribution is 0.0735. The number of aromatic nitrogens is 5. The van der Waals surface area contributed by atoms with E-state index in [1.165, 1.54) is 0 Å². The molecule has 5 rings (SSSR count). The van der Waals surface area contributed by atoms with Crippen molar-refractivity contribution in [2.24, 2.45) is 0 Å². The molecule has 2 aliphatic carbocycles. The van der Waals surface area contributed by atoms with Crippen LogP contribution in [0.1, 0.15) is 70.2 Å². The predicted octanol–water partition coefficient (Wildman–Crippen LogP) is 3.34. The molecule has 0 aromatic carbocycles. The van der Waals surface area contributed by atoms with Crippen LogP contribution < -0.4 is 10.6 Å². The number of amides is 1. The van der Waals surface area contributed by atoms with Crippen LogP contribution in [0.5, 0.6) is 0 Å². The van der Waals surface area contributed by atoms with E-state index in [0.29, 0.717) is 17.3 Å². The van der Waals surface area contributed by atoms with Gasteiger partial charge in [-0.15, -0.1) is 0 Å². The third-order valence-electron chi connectivity index (χ3n) is 6.36. The first-order chi connectivity index (χ1) is 15.2. The third kappa shape index (κ3) is 4.27. The van der Waals surface area contributed by atoms with E-state index in [0.717, 1.165) is 43.3 Å². The molecule has 0 unspecified atom stereocenters. The second-order valence-electron chi connectivity index (χ2n) is 9.75. The zero-order valence-corrected chi connectivity index (χ0v) is 18.6. The Morgan fingerprint density at radius 2 is 2.16 bits per heavy atom. The smallest absolute Gasteiger partial charge is 0.407 e. The standard InChI is InChI=1S/C22H29N7O3/c1-21(2,31)17-12-16-19(23-8-9-29(16)28-17)24-18-11-15(26-27-18)13-4-5-14(10-13)32-20(30)25-22(3)6-7-22/h8-9,11-14,31H,4-7,10H2,1-3H3,(H,25,30)(H2,23,24,26,27)/t13-,14+/m0/s1. The number of carbonyl (C=O) groups is 1. The molecular weight excluding hydrogens is 410 g/mol. The number of aliphatic hydroxyl groups is 1. The molecule has 10 heteroatoms. The van der Waals surface area contributed by atoms with Gasteiger partial charge in [0.15, 0.2) is 11.6 Å². The van der Waals surface area contributed by atoms with Crippen molar-refractivity contribution in [3.63, 3.8) is 0 Å². The Labute approximate surface area is 185 Å². The van der Waals surface area contributed by atoms with Gasteiger partial charge in [-0.05, 0) is 58.9 Å². The van der Waals surface area contributed by atoms with Crippen LogP contribution in [0.25, 0.3) is 5.52 Å². The number of hydrogen-bond acceptors (Lipinski definition) is 7. The number of fused-ring (bicyclic) bond motifs is 1. The number of carbonyl (C=O) groups excluding carboxylic acids is 1. The van der Waals surface area contributed by atoms with Gasteiger partial charge in [-0.3, -0.25) is 5.10 Å². The Morgan fingerprint density at radius 3 is 2.91 bits per heavy atom. The molecule has 4 N–H and O–H groups in total. The van der Waals surface area contributed by atoms with Crippen LogP contribution in [0.3, 0.4) is 0 Å². The highest BCUT2D eigenvalue weighted by atomic mass is 16.6. The fraction of sp³-hybridized carbons (Fsp3) is 0.545. The van der Waals surface area contributed by atoms with E-state index in [-0.39, 0.29) is 23.7 Å². The zero-order valence-electron chi connectivity index (χ0n) is 18.6. The summed E-state index contributed by atoms with van der Waals surface area (Å²) >= 11 is 0. The van der Waals surface area contributed by atoms with Crippen LogP contribution in [0, 0.1) is 0 Å². The first-order valence-corrected chi connectivity index (χ1v) is 11.1. The first-order valence-electron chi connectivity index (χ1n) is 11.1. The van der Waals surface area contributed by atoms with E-state index in [1.54, 1.807) is 30.8 Å². The Morgan fingerprint density at radius 1 is 1.34 bits per heavy atom. The van der Waals surface area contributed by atoms with Crippen LogP contribution in [0.15, 0.2) is 24.5 Å². The minimum absolute atomic E-state index is 0.0703.